The number of amides is 1. The van der Waals surface area contributed by atoms with Crippen molar-refractivity contribution in [1.29, 1.82) is 0 Å². The number of furan rings is 1. The van der Waals surface area contributed by atoms with E-state index in [0.717, 1.165) is 11.3 Å². The molecule has 6 nitrogen and oxygen atoms in total. The van der Waals surface area contributed by atoms with Crippen LogP contribution in [0.2, 0.25) is 0 Å². The van der Waals surface area contributed by atoms with Gasteiger partial charge in [0, 0.05) is 12.4 Å². The number of rotatable bonds is 5. The minimum Gasteiger partial charge on any atom is -0.467 e. The molecule has 106 valence electrons. The van der Waals surface area contributed by atoms with Gasteiger partial charge in [0.25, 0.3) is 5.91 Å². The van der Waals surface area contributed by atoms with Gasteiger partial charge in [-0.2, -0.15) is 0 Å². The van der Waals surface area contributed by atoms with Crippen molar-refractivity contribution in [2.24, 2.45) is 0 Å². The fraction of sp³-hybridized carbons (Fsp3) is 0.308. The van der Waals surface area contributed by atoms with Gasteiger partial charge in [-0.15, -0.1) is 11.3 Å². The number of hydrogen-bond donors (Lipinski definition) is 0. The number of aromatic nitrogens is 1. The molecule has 2 aromatic heterocycles. The molecule has 2 rings (SSSR count). The number of esters is 1. The summed E-state index contributed by atoms with van der Waals surface area (Å²) in [7, 11) is 1.65. The Labute approximate surface area is 120 Å². The maximum Gasteiger partial charge on any atom is 0.367 e. The molecule has 2 aromatic rings. The first kappa shape index (κ1) is 14.3. The average molecular weight is 294 g/mol. The second kappa shape index (κ2) is 6.33. The van der Waals surface area contributed by atoms with Gasteiger partial charge in [-0.25, -0.2) is 9.78 Å². The molecule has 0 N–H and O–H groups in total. The second-order valence-corrected chi connectivity index (χ2v) is 4.86. The number of nitrogens with zero attached hydrogens (tertiary/aromatic N) is 2. The first-order valence-corrected chi connectivity index (χ1v) is 6.90. The van der Waals surface area contributed by atoms with E-state index in [1.54, 1.807) is 37.7 Å². The van der Waals surface area contributed by atoms with E-state index in [4.69, 9.17) is 9.15 Å². The number of thiazole rings is 1. The second-order valence-electron chi connectivity index (χ2n) is 4.00. The Bertz CT molecular complexity index is 591. The molecule has 0 saturated carbocycles. The van der Waals surface area contributed by atoms with Crippen LogP contribution in [0.15, 0.2) is 28.2 Å². The van der Waals surface area contributed by atoms with Gasteiger partial charge >= 0.3 is 5.97 Å². The van der Waals surface area contributed by atoms with E-state index in [0.29, 0.717) is 12.3 Å². The lowest BCUT2D eigenvalue weighted by Crippen LogP contribution is -2.26. The lowest BCUT2D eigenvalue weighted by Gasteiger charge is -2.13. The number of carbonyl (C=O) groups is 2. The smallest absolute Gasteiger partial charge is 0.367 e. The van der Waals surface area contributed by atoms with Crippen LogP contribution in [-0.4, -0.2) is 35.4 Å². The average Bonchev–Trinajstić information content (AvgIpc) is 3.09. The van der Waals surface area contributed by atoms with E-state index < -0.39 is 5.97 Å². The maximum atomic E-state index is 12.1. The topological polar surface area (TPSA) is 72.6 Å². The normalized spacial score (nSPS) is 10.3. The van der Waals surface area contributed by atoms with E-state index in [2.05, 4.69) is 4.98 Å². The molecule has 0 atom stereocenters. The molecule has 0 aromatic carbocycles. The van der Waals surface area contributed by atoms with Gasteiger partial charge in [0.2, 0.25) is 5.01 Å². The summed E-state index contributed by atoms with van der Waals surface area (Å²) in [6.07, 6.45) is 1.55. The SMILES string of the molecule is CCOC(=O)c1nc(C(=O)N(C)Cc2ccco2)cs1. The number of hydrogen-bond acceptors (Lipinski definition) is 6. The summed E-state index contributed by atoms with van der Waals surface area (Å²) in [6.45, 7) is 2.34. The maximum absolute atomic E-state index is 12.1. The molecule has 0 bridgehead atoms. The summed E-state index contributed by atoms with van der Waals surface area (Å²) < 4.78 is 10.0. The summed E-state index contributed by atoms with van der Waals surface area (Å²) in [4.78, 5) is 29.1. The van der Waals surface area contributed by atoms with Crippen LogP contribution in [0.3, 0.4) is 0 Å². The highest BCUT2D eigenvalue weighted by Gasteiger charge is 2.19. The van der Waals surface area contributed by atoms with E-state index in [9.17, 15) is 9.59 Å². The van der Waals surface area contributed by atoms with E-state index >= 15 is 0 Å². The van der Waals surface area contributed by atoms with Gasteiger partial charge in [-0.1, -0.05) is 0 Å². The van der Waals surface area contributed by atoms with Crippen LogP contribution in [0, 0.1) is 0 Å². The minimum atomic E-state index is -0.509. The summed E-state index contributed by atoms with van der Waals surface area (Å²) in [5.41, 5.74) is 0.229. The minimum absolute atomic E-state index is 0.182. The molecule has 0 aliphatic rings. The molecular formula is C13H14N2O4S. The molecule has 2 heterocycles. The van der Waals surface area contributed by atoms with Crippen LogP contribution in [0.4, 0.5) is 0 Å². The monoisotopic (exact) mass is 294 g/mol. The third-order valence-electron chi connectivity index (χ3n) is 2.49. The highest BCUT2D eigenvalue weighted by Crippen LogP contribution is 2.14. The van der Waals surface area contributed by atoms with Gasteiger partial charge in [0.15, 0.2) is 0 Å². The first-order chi connectivity index (χ1) is 9.61. The molecule has 0 aliphatic heterocycles. The van der Waals surface area contributed by atoms with E-state index in [1.165, 1.54) is 4.90 Å². The van der Waals surface area contributed by atoms with Crippen molar-refractivity contribution >= 4 is 23.2 Å². The molecule has 7 heteroatoms. The molecular weight excluding hydrogens is 280 g/mol. The molecule has 0 fully saturated rings. The predicted molar refractivity (Wildman–Crippen MR) is 72.6 cm³/mol. The van der Waals surface area contributed by atoms with Crippen molar-refractivity contribution in [3.63, 3.8) is 0 Å². The third kappa shape index (κ3) is 3.24. The van der Waals surface area contributed by atoms with Crippen LogP contribution >= 0.6 is 11.3 Å². The van der Waals surface area contributed by atoms with Crippen molar-refractivity contribution in [2.75, 3.05) is 13.7 Å². The van der Waals surface area contributed by atoms with Gasteiger partial charge < -0.3 is 14.1 Å². The number of carbonyl (C=O) groups excluding carboxylic acids is 2. The van der Waals surface area contributed by atoms with Crippen molar-refractivity contribution < 1.29 is 18.7 Å². The van der Waals surface area contributed by atoms with Crippen LogP contribution < -0.4 is 0 Å². The first-order valence-electron chi connectivity index (χ1n) is 6.02. The van der Waals surface area contributed by atoms with Crippen LogP contribution in [0.25, 0.3) is 0 Å². The lowest BCUT2D eigenvalue weighted by molar-refractivity contribution is 0.0526. The van der Waals surface area contributed by atoms with Gasteiger partial charge in [0.05, 0.1) is 19.4 Å². The van der Waals surface area contributed by atoms with Gasteiger partial charge in [-0.3, -0.25) is 4.79 Å². The largest absolute Gasteiger partial charge is 0.467 e. The molecule has 0 saturated heterocycles. The van der Waals surface area contributed by atoms with Crippen LogP contribution in [-0.2, 0) is 11.3 Å². The molecule has 0 spiro atoms. The fourth-order valence-electron chi connectivity index (χ4n) is 1.56. The fourth-order valence-corrected chi connectivity index (χ4v) is 2.25. The van der Waals surface area contributed by atoms with Gasteiger partial charge in [0.1, 0.15) is 11.5 Å². The Kier molecular flexibility index (Phi) is 4.52. The Morgan fingerprint density at radius 3 is 2.95 bits per heavy atom. The predicted octanol–water partition coefficient (Wildman–Crippen LogP) is 2.19. The summed E-state index contributed by atoms with van der Waals surface area (Å²) in [5, 5.41) is 1.73. The summed E-state index contributed by atoms with van der Waals surface area (Å²) in [5.74, 6) is -0.0971. The zero-order valence-corrected chi connectivity index (χ0v) is 12.0. The zero-order valence-electron chi connectivity index (χ0n) is 11.2. The van der Waals surface area contributed by atoms with Crippen molar-refractivity contribution in [3.8, 4) is 0 Å². The Balaban J connectivity index is 2.03. The van der Waals surface area contributed by atoms with Crippen LogP contribution in [0.5, 0.6) is 0 Å². The highest BCUT2D eigenvalue weighted by molar-refractivity contribution is 7.11. The standard InChI is InChI=1S/C13H14N2O4S/c1-3-18-13(17)11-14-10(8-20-11)12(16)15(2)7-9-5-4-6-19-9/h4-6,8H,3,7H2,1-2H3. The Hall–Kier alpha value is -2.15. The zero-order chi connectivity index (χ0) is 14.5. The Morgan fingerprint density at radius 1 is 1.50 bits per heavy atom. The molecule has 20 heavy (non-hydrogen) atoms. The number of ether oxygens (including phenoxy) is 1. The molecule has 0 aliphatic carbocycles. The summed E-state index contributed by atoms with van der Waals surface area (Å²) in [6, 6.07) is 3.55. The van der Waals surface area contributed by atoms with E-state index in [-0.39, 0.29) is 23.2 Å². The van der Waals surface area contributed by atoms with Crippen molar-refractivity contribution in [1.82, 2.24) is 9.88 Å². The summed E-state index contributed by atoms with van der Waals surface area (Å²) >= 11 is 1.09. The van der Waals surface area contributed by atoms with E-state index in [1.807, 2.05) is 0 Å². The van der Waals surface area contributed by atoms with Gasteiger partial charge in [-0.05, 0) is 19.1 Å². The highest BCUT2D eigenvalue weighted by atomic mass is 32.1. The van der Waals surface area contributed by atoms with Crippen molar-refractivity contribution in [2.45, 2.75) is 13.5 Å². The lowest BCUT2D eigenvalue weighted by atomic mass is 10.3. The molecule has 0 unspecified atom stereocenters. The third-order valence-corrected chi connectivity index (χ3v) is 3.32. The van der Waals surface area contributed by atoms with Crippen LogP contribution in [0.1, 0.15) is 33.0 Å². The van der Waals surface area contributed by atoms with Crippen molar-refractivity contribution in [3.05, 3.63) is 40.2 Å². The molecule has 1 amide bonds. The Morgan fingerprint density at radius 2 is 2.30 bits per heavy atom. The quantitative estimate of drug-likeness (QED) is 0.790. The molecule has 0 radical (unpaired) electrons.